The molecular formula is C21H22N2O4. The predicted octanol–water partition coefficient (Wildman–Crippen LogP) is 2.90. The summed E-state index contributed by atoms with van der Waals surface area (Å²) in [5.41, 5.74) is 1.01. The molecule has 2 N–H and O–H groups in total. The van der Waals surface area contributed by atoms with Crippen molar-refractivity contribution in [2.24, 2.45) is 5.92 Å². The van der Waals surface area contributed by atoms with E-state index in [0.717, 1.165) is 31.2 Å². The standard InChI is InChI=1S/C21H22N2O4/c24-19-15(10-11-16(22-19)13-6-2-1-3-7-13)20(25)23-17-9-5-4-8-14(17)12-18(23)21(26)27/h1-3,6-7,10-11,14,17-18H,4-5,8-9,12H2,(H,22,24)(H,26,27). The lowest BCUT2D eigenvalue weighted by Gasteiger charge is -2.32. The van der Waals surface area contributed by atoms with Crippen LogP contribution in [0.1, 0.15) is 42.5 Å². The molecular weight excluding hydrogens is 344 g/mol. The van der Waals surface area contributed by atoms with Gasteiger partial charge in [0, 0.05) is 11.7 Å². The molecule has 3 atom stereocenters. The number of nitrogens with one attached hydrogen (secondary N) is 1. The molecule has 6 nitrogen and oxygen atoms in total. The van der Waals surface area contributed by atoms with Gasteiger partial charge >= 0.3 is 5.97 Å². The number of pyridine rings is 1. The maximum absolute atomic E-state index is 13.1. The number of fused-ring (bicyclic) bond motifs is 1. The number of carbonyl (C=O) groups excluding carboxylic acids is 1. The molecule has 1 aliphatic carbocycles. The van der Waals surface area contributed by atoms with Crippen molar-refractivity contribution in [1.29, 1.82) is 0 Å². The highest BCUT2D eigenvalue weighted by Crippen LogP contribution is 2.40. The number of rotatable bonds is 3. The number of carbonyl (C=O) groups is 2. The summed E-state index contributed by atoms with van der Waals surface area (Å²) in [6.07, 6.45) is 4.29. The lowest BCUT2D eigenvalue weighted by atomic mass is 9.84. The van der Waals surface area contributed by atoms with Crippen LogP contribution in [-0.4, -0.2) is 39.0 Å². The predicted molar refractivity (Wildman–Crippen MR) is 100 cm³/mol. The van der Waals surface area contributed by atoms with E-state index in [-0.39, 0.29) is 17.5 Å². The monoisotopic (exact) mass is 366 g/mol. The zero-order valence-electron chi connectivity index (χ0n) is 14.9. The second-order valence-electron chi connectivity index (χ2n) is 7.39. The third kappa shape index (κ3) is 3.16. The number of benzene rings is 1. The Kier molecular flexibility index (Phi) is 4.56. The first-order valence-electron chi connectivity index (χ1n) is 9.40. The molecule has 1 aromatic heterocycles. The minimum absolute atomic E-state index is 0.00662. The molecule has 0 bridgehead atoms. The number of aliphatic carboxylic acids is 1. The van der Waals surface area contributed by atoms with E-state index in [1.807, 2.05) is 30.3 Å². The first kappa shape index (κ1) is 17.5. The molecule has 0 radical (unpaired) electrons. The van der Waals surface area contributed by atoms with Crippen LogP contribution in [0.3, 0.4) is 0 Å². The highest BCUT2D eigenvalue weighted by atomic mass is 16.4. The number of nitrogens with zero attached hydrogens (tertiary/aromatic N) is 1. The van der Waals surface area contributed by atoms with E-state index in [1.165, 1.54) is 11.0 Å². The Morgan fingerprint density at radius 3 is 2.48 bits per heavy atom. The van der Waals surface area contributed by atoms with Crippen LogP contribution in [0, 0.1) is 5.92 Å². The Balaban J connectivity index is 1.67. The summed E-state index contributed by atoms with van der Waals surface area (Å²) in [7, 11) is 0. The van der Waals surface area contributed by atoms with Gasteiger partial charge in [-0.15, -0.1) is 0 Å². The Morgan fingerprint density at radius 2 is 1.78 bits per heavy atom. The molecule has 2 aliphatic rings. The van der Waals surface area contributed by atoms with Gasteiger partial charge in [0.25, 0.3) is 11.5 Å². The van der Waals surface area contributed by atoms with Gasteiger partial charge in [-0.3, -0.25) is 9.59 Å². The number of H-pyrrole nitrogens is 1. The van der Waals surface area contributed by atoms with Gasteiger partial charge in [0.05, 0.1) is 0 Å². The van der Waals surface area contributed by atoms with Crippen LogP contribution < -0.4 is 5.56 Å². The van der Waals surface area contributed by atoms with Crippen LogP contribution >= 0.6 is 0 Å². The minimum atomic E-state index is -0.991. The van der Waals surface area contributed by atoms with Gasteiger partial charge in [0.2, 0.25) is 0 Å². The van der Waals surface area contributed by atoms with Crippen LogP contribution in [0.15, 0.2) is 47.3 Å². The largest absolute Gasteiger partial charge is 0.480 e. The summed E-state index contributed by atoms with van der Waals surface area (Å²) in [5, 5.41) is 9.61. The number of carboxylic acid groups (broad SMARTS) is 1. The van der Waals surface area contributed by atoms with Crippen LogP contribution in [-0.2, 0) is 4.79 Å². The fourth-order valence-electron chi connectivity index (χ4n) is 4.54. The number of aromatic amines is 1. The van der Waals surface area contributed by atoms with E-state index in [0.29, 0.717) is 12.1 Å². The van der Waals surface area contributed by atoms with E-state index in [2.05, 4.69) is 4.98 Å². The molecule has 3 unspecified atom stereocenters. The summed E-state index contributed by atoms with van der Waals surface area (Å²) < 4.78 is 0. The van der Waals surface area contributed by atoms with Crippen molar-refractivity contribution in [3.63, 3.8) is 0 Å². The summed E-state index contributed by atoms with van der Waals surface area (Å²) in [5.74, 6) is -1.25. The highest BCUT2D eigenvalue weighted by Gasteiger charge is 2.48. The SMILES string of the molecule is O=C(O)C1CC2CCCCC2N1C(=O)c1ccc(-c2ccccc2)[nH]c1=O. The van der Waals surface area contributed by atoms with Crippen molar-refractivity contribution in [3.8, 4) is 11.3 Å². The number of hydrogen-bond donors (Lipinski definition) is 2. The molecule has 140 valence electrons. The molecule has 4 rings (SSSR count). The summed E-state index contributed by atoms with van der Waals surface area (Å²) >= 11 is 0. The van der Waals surface area contributed by atoms with Crippen molar-refractivity contribution >= 4 is 11.9 Å². The lowest BCUT2D eigenvalue weighted by Crippen LogP contribution is -2.47. The average Bonchev–Trinajstić information content (AvgIpc) is 3.08. The van der Waals surface area contributed by atoms with Gasteiger partial charge in [-0.25, -0.2) is 4.79 Å². The van der Waals surface area contributed by atoms with Crippen molar-refractivity contribution in [3.05, 3.63) is 58.4 Å². The summed E-state index contributed by atoms with van der Waals surface area (Å²) in [6, 6.07) is 11.7. The van der Waals surface area contributed by atoms with Crippen molar-refractivity contribution in [1.82, 2.24) is 9.88 Å². The Morgan fingerprint density at radius 1 is 1.04 bits per heavy atom. The van der Waals surface area contributed by atoms with Crippen molar-refractivity contribution < 1.29 is 14.7 Å². The molecule has 1 aromatic carbocycles. The topological polar surface area (TPSA) is 90.5 Å². The van der Waals surface area contributed by atoms with Gasteiger partial charge < -0.3 is 15.0 Å². The molecule has 1 saturated heterocycles. The van der Waals surface area contributed by atoms with Crippen molar-refractivity contribution in [2.45, 2.75) is 44.2 Å². The highest BCUT2D eigenvalue weighted by molar-refractivity contribution is 5.97. The Bertz CT molecular complexity index is 921. The number of likely N-dealkylation sites (tertiary alicyclic amines) is 1. The molecule has 2 heterocycles. The molecule has 6 heteroatoms. The van der Waals surface area contributed by atoms with Gasteiger partial charge in [0.15, 0.2) is 0 Å². The van der Waals surface area contributed by atoms with Gasteiger partial charge in [-0.2, -0.15) is 0 Å². The first-order valence-corrected chi connectivity index (χ1v) is 9.40. The molecule has 0 spiro atoms. The van der Waals surface area contributed by atoms with Crippen LogP contribution in [0.2, 0.25) is 0 Å². The van der Waals surface area contributed by atoms with Gasteiger partial charge in [-0.05, 0) is 42.9 Å². The fourth-order valence-corrected chi connectivity index (χ4v) is 4.54. The van der Waals surface area contributed by atoms with Crippen molar-refractivity contribution in [2.75, 3.05) is 0 Å². The van der Waals surface area contributed by atoms with E-state index in [4.69, 9.17) is 0 Å². The minimum Gasteiger partial charge on any atom is -0.480 e. The maximum atomic E-state index is 13.1. The molecule has 1 saturated carbocycles. The van der Waals surface area contributed by atoms with Crippen LogP contribution in [0.5, 0.6) is 0 Å². The first-order chi connectivity index (χ1) is 13.1. The number of hydrogen-bond acceptors (Lipinski definition) is 3. The smallest absolute Gasteiger partial charge is 0.326 e. The fraction of sp³-hybridized carbons (Fsp3) is 0.381. The maximum Gasteiger partial charge on any atom is 0.326 e. The lowest BCUT2D eigenvalue weighted by molar-refractivity contribution is -0.141. The molecule has 27 heavy (non-hydrogen) atoms. The molecule has 2 aromatic rings. The van der Waals surface area contributed by atoms with E-state index in [9.17, 15) is 19.5 Å². The number of amides is 1. The number of carboxylic acids is 1. The summed E-state index contributed by atoms with van der Waals surface area (Å²) in [4.78, 5) is 41.7. The van der Waals surface area contributed by atoms with E-state index < -0.39 is 23.5 Å². The molecule has 1 amide bonds. The van der Waals surface area contributed by atoms with Gasteiger partial charge in [0.1, 0.15) is 11.6 Å². The molecule has 1 aliphatic heterocycles. The van der Waals surface area contributed by atoms with E-state index in [1.54, 1.807) is 6.07 Å². The summed E-state index contributed by atoms with van der Waals surface area (Å²) in [6.45, 7) is 0. The number of aromatic nitrogens is 1. The second-order valence-corrected chi connectivity index (χ2v) is 7.39. The zero-order chi connectivity index (χ0) is 19.0. The molecule has 2 fully saturated rings. The van der Waals surface area contributed by atoms with Crippen LogP contribution in [0.4, 0.5) is 0 Å². The second kappa shape index (κ2) is 7.02. The Labute approximate surface area is 156 Å². The quantitative estimate of drug-likeness (QED) is 0.874. The zero-order valence-corrected chi connectivity index (χ0v) is 14.9. The average molecular weight is 366 g/mol. The third-order valence-electron chi connectivity index (χ3n) is 5.83. The third-order valence-corrected chi connectivity index (χ3v) is 5.83. The van der Waals surface area contributed by atoms with Crippen LogP contribution in [0.25, 0.3) is 11.3 Å². The normalized spacial score (nSPS) is 24.4. The van der Waals surface area contributed by atoms with Gasteiger partial charge in [-0.1, -0.05) is 43.2 Å². The van der Waals surface area contributed by atoms with E-state index >= 15 is 0 Å². The Hall–Kier alpha value is -2.89.